The molecule has 2 aromatic rings. The van der Waals surface area contributed by atoms with Crippen LogP contribution in [0.4, 0.5) is 5.82 Å². The summed E-state index contributed by atoms with van der Waals surface area (Å²) in [6.07, 6.45) is 2.32. The van der Waals surface area contributed by atoms with Crippen molar-refractivity contribution < 1.29 is 4.42 Å². The van der Waals surface area contributed by atoms with Crippen molar-refractivity contribution in [2.24, 2.45) is 0 Å². The highest BCUT2D eigenvalue weighted by atomic mass is 16.4. The third kappa shape index (κ3) is 3.91. The van der Waals surface area contributed by atoms with E-state index in [9.17, 15) is 0 Å². The number of aromatic nitrogens is 4. The highest BCUT2D eigenvalue weighted by Crippen LogP contribution is 2.39. The fourth-order valence-electron chi connectivity index (χ4n) is 2.26. The molecule has 0 atom stereocenters. The van der Waals surface area contributed by atoms with E-state index in [0.717, 1.165) is 36.1 Å². The first kappa shape index (κ1) is 16.9. The topological polar surface area (TPSA) is 76.7 Å². The van der Waals surface area contributed by atoms with Crippen molar-refractivity contribution in [3.8, 4) is 0 Å². The van der Waals surface area contributed by atoms with Gasteiger partial charge in [-0.2, -0.15) is 0 Å². The minimum atomic E-state index is -0.110. The molecule has 2 heterocycles. The SMILES string of the molecule is CC(C)(C)c1cc(NCc2nnc(C3CC3)o2)nc(C(C)(C)C)n1. The first-order valence-electron chi connectivity index (χ1n) is 8.59. The molecule has 0 aliphatic heterocycles. The molecule has 0 bridgehead atoms. The van der Waals surface area contributed by atoms with Crippen molar-refractivity contribution in [3.05, 3.63) is 29.4 Å². The van der Waals surface area contributed by atoms with Crippen LogP contribution in [-0.4, -0.2) is 20.2 Å². The van der Waals surface area contributed by atoms with Crippen molar-refractivity contribution in [2.75, 3.05) is 5.32 Å². The van der Waals surface area contributed by atoms with Gasteiger partial charge in [0.25, 0.3) is 0 Å². The highest BCUT2D eigenvalue weighted by Gasteiger charge is 2.29. The van der Waals surface area contributed by atoms with Gasteiger partial charge in [0.05, 0.1) is 12.2 Å². The summed E-state index contributed by atoms with van der Waals surface area (Å²) < 4.78 is 5.70. The van der Waals surface area contributed by atoms with Gasteiger partial charge < -0.3 is 9.73 Å². The van der Waals surface area contributed by atoms with Crippen molar-refractivity contribution in [3.63, 3.8) is 0 Å². The number of nitrogens with one attached hydrogen (secondary N) is 1. The zero-order valence-corrected chi connectivity index (χ0v) is 15.5. The maximum atomic E-state index is 5.70. The molecule has 24 heavy (non-hydrogen) atoms. The quantitative estimate of drug-likeness (QED) is 0.915. The largest absolute Gasteiger partial charge is 0.423 e. The van der Waals surface area contributed by atoms with E-state index < -0.39 is 0 Å². The van der Waals surface area contributed by atoms with Gasteiger partial charge in [-0.05, 0) is 12.8 Å². The van der Waals surface area contributed by atoms with Crippen LogP contribution in [0, 0.1) is 0 Å². The first-order chi connectivity index (χ1) is 11.1. The van der Waals surface area contributed by atoms with Crippen LogP contribution in [0.1, 0.15) is 83.6 Å². The molecule has 1 N–H and O–H groups in total. The Kier molecular flexibility index (Phi) is 4.10. The van der Waals surface area contributed by atoms with Crippen LogP contribution >= 0.6 is 0 Å². The van der Waals surface area contributed by atoms with Gasteiger partial charge in [0.1, 0.15) is 11.6 Å². The summed E-state index contributed by atoms with van der Waals surface area (Å²) in [4.78, 5) is 9.44. The molecule has 0 unspecified atom stereocenters. The molecule has 0 radical (unpaired) electrons. The van der Waals surface area contributed by atoms with Gasteiger partial charge in [0.2, 0.25) is 11.8 Å². The zero-order valence-electron chi connectivity index (χ0n) is 15.5. The summed E-state index contributed by atoms with van der Waals surface area (Å²) in [5.41, 5.74) is 0.874. The standard InChI is InChI=1S/C18H27N5O/c1-17(2,3)12-9-13(21-16(20-12)18(4,5)6)19-10-14-22-23-15(24-14)11-7-8-11/h9,11H,7-8,10H2,1-6H3,(H,19,20,21). The normalized spacial score (nSPS) is 15.6. The fourth-order valence-corrected chi connectivity index (χ4v) is 2.26. The smallest absolute Gasteiger partial charge is 0.235 e. The Morgan fingerprint density at radius 3 is 2.33 bits per heavy atom. The summed E-state index contributed by atoms with van der Waals surface area (Å²) in [7, 11) is 0. The molecule has 130 valence electrons. The van der Waals surface area contributed by atoms with E-state index in [4.69, 9.17) is 9.40 Å². The molecule has 6 nitrogen and oxygen atoms in total. The Hall–Kier alpha value is -1.98. The minimum Gasteiger partial charge on any atom is -0.423 e. The predicted octanol–water partition coefficient (Wildman–Crippen LogP) is 3.94. The lowest BCUT2D eigenvalue weighted by Gasteiger charge is -2.23. The molecule has 0 saturated heterocycles. The van der Waals surface area contributed by atoms with E-state index >= 15 is 0 Å². The monoisotopic (exact) mass is 329 g/mol. The van der Waals surface area contributed by atoms with E-state index in [2.05, 4.69) is 62.0 Å². The molecule has 0 spiro atoms. The molecule has 1 saturated carbocycles. The third-order valence-electron chi connectivity index (χ3n) is 4.00. The molecular formula is C18H27N5O. The van der Waals surface area contributed by atoms with Gasteiger partial charge in [-0.1, -0.05) is 41.5 Å². The van der Waals surface area contributed by atoms with Crippen LogP contribution in [0.15, 0.2) is 10.5 Å². The van der Waals surface area contributed by atoms with E-state index in [0.29, 0.717) is 18.4 Å². The van der Waals surface area contributed by atoms with Gasteiger partial charge in [-0.3, -0.25) is 0 Å². The number of hydrogen-bond acceptors (Lipinski definition) is 6. The number of rotatable bonds is 4. The van der Waals surface area contributed by atoms with Crippen LogP contribution in [-0.2, 0) is 17.4 Å². The number of hydrogen-bond donors (Lipinski definition) is 1. The van der Waals surface area contributed by atoms with Gasteiger partial charge in [0, 0.05) is 22.8 Å². The fraction of sp³-hybridized carbons (Fsp3) is 0.667. The lowest BCUT2D eigenvalue weighted by atomic mass is 9.90. The van der Waals surface area contributed by atoms with E-state index in [1.54, 1.807) is 0 Å². The van der Waals surface area contributed by atoms with Crippen molar-refractivity contribution >= 4 is 5.82 Å². The molecule has 0 aromatic carbocycles. The molecule has 2 aromatic heterocycles. The molecule has 1 aliphatic carbocycles. The van der Waals surface area contributed by atoms with E-state index in [1.165, 1.54) is 0 Å². The average molecular weight is 329 g/mol. The average Bonchev–Trinajstić information content (AvgIpc) is 3.22. The van der Waals surface area contributed by atoms with Gasteiger partial charge in [-0.25, -0.2) is 9.97 Å². The second-order valence-corrected chi connectivity index (χ2v) is 8.62. The maximum absolute atomic E-state index is 5.70. The maximum Gasteiger partial charge on any atom is 0.235 e. The van der Waals surface area contributed by atoms with Gasteiger partial charge >= 0.3 is 0 Å². The molecule has 1 aliphatic rings. The van der Waals surface area contributed by atoms with Crippen LogP contribution in [0.2, 0.25) is 0 Å². The second kappa shape index (κ2) is 5.83. The first-order valence-corrected chi connectivity index (χ1v) is 8.59. The third-order valence-corrected chi connectivity index (χ3v) is 4.00. The lowest BCUT2D eigenvalue weighted by molar-refractivity contribution is 0.456. The van der Waals surface area contributed by atoms with Crippen molar-refractivity contribution in [1.29, 1.82) is 0 Å². The van der Waals surface area contributed by atoms with Gasteiger partial charge in [-0.15, -0.1) is 10.2 Å². The Balaban J connectivity index is 1.80. The number of nitrogens with zero attached hydrogens (tertiary/aromatic N) is 4. The molecular weight excluding hydrogens is 302 g/mol. The Morgan fingerprint density at radius 1 is 1.04 bits per heavy atom. The van der Waals surface area contributed by atoms with E-state index in [1.807, 2.05) is 6.07 Å². The summed E-state index contributed by atoms with van der Waals surface area (Å²) in [5.74, 6) is 3.48. The van der Waals surface area contributed by atoms with Crippen LogP contribution in [0.25, 0.3) is 0 Å². The summed E-state index contributed by atoms with van der Waals surface area (Å²) in [5, 5.41) is 11.5. The predicted molar refractivity (Wildman–Crippen MR) is 93.0 cm³/mol. The van der Waals surface area contributed by atoms with Crippen LogP contribution < -0.4 is 5.32 Å². The molecule has 3 rings (SSSR count). The minimum absolute atomic E-state index is 0.0387. The summed E-state index contributed by atoms with van der Waals surface area (Å²) >= 11 is 0. The van der Waals surface area contributed by atoms with Crippen molar-refractivity contribution in [2.45, 2.75) is 77.7 Å². The van der Waals surface area contributed by atoms with Crippen LogP contribution in [0.5, 0.6) is 0 Å². The zero-order chi connectivity index (χ0) is 17.5. The van der Waals surface area contributed by atoms with Crippen molar-refractivity contribution in [1.82, 2.24) is 20.2 Å². The Bertz CT molecular complexity index is 687. The second-order valence-electron chi connectivity index (χ2n) is 8.62. The van der Waals surface area contributed by atoms with E-state index in [-0.39, 0.29) is 10.8 Å². The molecule has 6 heteroatoms. The van der Waals surface area contributed by atoms with Crippen LogP contribution in [0.3, 0.4) is 0 Å². The highest BCUT2D eigenvalue weighted by molar-refractivity contribution is 5.39. The molecule has 1 fully saturated rings. The molecule has 0 amide bonds. The summed E-state index contributed by atoms with van der Waals surface area (Å²) in [6.45, 7) is 13.3. The Labute approximate surface area is 143 Å². The lowest BCUT2D eigenvalue weighted by Crippen LogP contribution is -2.22. The number of anilines is 1. The van der Waals surface area contributed by atoms with Gasteiger partial charge in [0.15, 0.2) is 0 Å². The Morgan fingerprint density at radius 2 is 1.75 bits per heavy atom. The summed E-state index contributed by atoms with van der Waals surface area (Å²) in [6, 6.07) is 2.01.